The number of halogens is 1. The molecule has 1 amide bonds. The molecule has 132 valence electrons. The summed E-state index contributed by atoms with van der Waals surface area (Å²) in [4.78, 5) is 16.7. The van der Waals surface area contributed by atoms with E-state index in [0.717, 1.165) is 22.7 Å². The molecule has 1 aromatic heterocycles. The largest absolute Gasteiger partial charge is 0.497 e. The van der Waals surface area contributed by atoms with E-state index in [-0.39, 0.29) is 5.91 Å². The smallest absolute Gasteiger partial charge is 0.274 e. The van der Waals surface area contributed by atoms with Crippen molar-refractivity contribution in [2.45, 2.75) is 6.92 Å². The van der Waals surface area contributed by atoms with Gasteiger partial charge in [0, 0.05) is 28.3 Å². The monoisotopic (exact) mass is 367 g/mol. The molecule has 1 heterocycles. The number of nitrogens with one attached hydrogen (secondary N) is 2. The fourth-order valence-electron chi connectivity index (χ4n) is 2.40. The molecule has 0 aliphatic rings. The van der Waals surface area contributed by atoms with Crippen LogP contribution in [0.2, 0.25) is 5.02 Å². The van der Waals surface area contributed by atoms with Gasteiger partial charge in [0.15, 0.2) is 0 Å². The van der Waals surface area contributed by atoms with Crippen LogP contribution in [0.15, 0.2) is 60.8 Å². The second kappa shape index (κ2) is 7.89. The van der Waals surface area contributed by atoms with Crippen molar-refractivity contribution in [3.63, 3.8) is 0 Å². The maximum Gasteiger partial charge on any atom is 0.274 e. The summed E-state index contributed by atoms with van der Waals surface area (Å²) in [5, 5.41) is 6.68. The Balaban J connectivity index is 1.75. The van der Waals surface area contributed by atoms with Crippen LogP contribution in [0.25, 0.3) is 0 Å². The normalized spacial score (nSPS) is 10.3. The predicted octanol–water partition coefficient (Wildman–Crippen LogP) is 5.05. The molecule has 0 aliphatic carbocycles. The zero-order valence-electron chi connectivity index (χ0n) is 14.4. The van der Waals surface area contributed by atoms with Crippen molar-refractivity contribution >= 4 is 34.6 Å². The highest BCUT2D eigenvalue weighted by atomic mass is 35.5. The van der Waals surface area contributed by atoms with Crippen LogP contribution in [0, 0.1) is 6.92 Å². The van der Waals surface area contributed by atoms with Gasteiger partial charge in [-0.25, -0.2) is 0 Å². The molecule has 0 saturated heterocycles. The number of pyridine rings is 1. The van der Waals surface area contributed by atoms with Crippen LogP contribution < -0.4 is 15.4 Å². The van der Waals surface area contributed by atoms with Crippen LogP contribution in [0.3, 0.4) is 0 Å². The number of amides is 1. The number of hydrogen-bond donors (Lipinski definition) is 2. The molecule has 0 unspecified atom stereocenters. The predicted molar refractivity (Wildman–Crippen MR) is 105 cm³/mol. The van der Waals surface area contributed by atoms with Crippen molar-refractivity contribution in [3.05, 3.63) is 77.1 Å². The third-order valence-electron chi connectivity index (χ3n) is 3.89. The van der Waals surface area contributed by atoms with Crippen LogP contribution in [0.4, 0.5) is 17.1 Å². The van der Waals surface area contributed by atoms with Crippen LogP contribution in [-0.2, 0) is 0 Å². The first-order valence-corrected chi connectivity index (χ1v) is 8.38. The zero-order valence-corrected chi connectivity index (χ0v) is 15.2. The number of methoxy groups -OCH3 is 1. The molecule has 0 aliphatic heterocycles. The van der Waals surface area contributed by atoms with Crippen molar-refractivity contribution in [2.75, 3.05) is 17.7 Å². The summed E-state index contributed by atoms with van der Waals surface area (Å²) in [6.45, 7) is 1.85. The summed E-state index contributed by atoms with van der Waals surface area (Å²) in [7, 11) is 1.62. The summed E-state index contributed by atoms with van der Waals surface area (Å²) >= 11 is 6.09. The van der Waals surface area contributed by atoms with E-state index in [1.54, 1.807) is 43.6 Å². The van der Waals surface area contributed by atoms with E-state index in [4.69, 9.17) is 16.3 Å². The molecular weight excluding hydrogens is 350 g/mol. The highest BCUT2D eigenvalue weighted by Crippen LogP contribution is 2.24. The number of anilines is 3. The first-order chi connectivity index (χ1) is 12.6. The Hall–Kier alpha value is -3.05. The minimum Gasteiger partial charge on any atom is -0.497 e. The molecule has 0 saturated carbocycles. The van der Waals surface area contributed by atoms with Gasteiger partial charge in [-0.3, -0.25) is 9.78 Å². The van der Waals surface area contributed by atoms with Gasteiger partial charge in [0.2, 0.25) is 0 Å². The second-order valence-electron chi connectivity index (χ2n) is 5.65. The van der Waals surface area contributed by atoms with Crippen molar-refractivity contribution < 1.29 is 9.53 Å². The summed E-state index contributed by atoms with van der Waals surface area (Å²) < 4.78 is 5.14. The SMILES string of the molecule is COc1ccc(Nc2ccnc(C(=O)Nc3cccc(Cl)c3C)c2)cc1. The van der Waals surface area contributed by atoms with Gasteiger partial charge in [0.05, 0.1) is 7.11 Å². The van der Waals surface area contributed by atoms with Crippen LogP contribution >= 0.6 is 11.6 Å². The Bertz CT molecular complexity index is 927. The Kier molecular flexibility index (Phi) is 5.39. The molecule has 3 rings (SSSR count). The lowest BCUT2D eigenvalue weighted by atomic mass is 10.2. The van der Waals surface area contributed by atoms with Gasteiger partial charge < -0.3 is 15.4 Å². The second-order valence-corrected chi connectivity index (χ2v) is 6.06. The van der Waals surface area contributed by atoms with Gasteiger partial charge in [0.1, 0.15) is 11.4 Å². The van der Waals surface area contributed by atoms with E-state index in [0.29, 0.717) is 16.4 Å². The van der Waals surface area contributed by atoms with Crippen molar-refractivity contribution in [3.8, 4) is 5.75 Å². The molecule has 0 bridgehead atoms. The Morgan fingerprint density at radius 2 is 1.85 bits per heavy atom. The topological polar surface area (TPSA) is 63.2 Å². The number of ether oxygens (including phenoxy) is 1. The Morgan fingerprint density at radius 3 is 2.58 bits per heavy atom. The standard InChI is InChI=1S/C20H18ClN3O2/c1-13-17(21)4-3-5-18(13)24-20(25)19-12-15(10-11-22-19)23-14-6-8-16(26-2)9-7-14/h3-12H,1-2H3,(H,22,23)(H,24,25). The van der Waals surface area contributed by atoms with Gasteiger partial charge in [-0.1, -0.05) is 17.7 Å². The van der Waals surface area contributed by atoms with Gasteiger partial charge in [-0.15, -0.1) is 0 Å². The number of benzene rings is 2. The van der Waals surface area contributed by atoms with E-state index in [1.165, 1.54) is 0 Å². The number of rotatable bonds is 5. The maximum atomic E-state index is 12.5. The Morgan fingerprint density at radius 1 is 1.08 bits per heavy atom. The lowest BCUT2D eigenvalue weighted by Crippen LogP contribution is -2.14. The molecule has 26 heavy (non-hydrogen) atoms. The minimum atomic E-state index is -0.297. The van der Waals surface area contributed by atoms with Gasteiger partial charge in [-0.2, -0.15) is 0 Å². The highest BCUT2D eigenvalue weighted by Gasteiger charge is 2.11. The van der Waals surface area contributed by atoms with Gasteiger partial charge in [-0.05, 0) is 61.0 Å². The summed E-state index contributed by atoms with van der Waals surface area (Å²) in [6, 6.07) is 16.4. The number of carbonyl (C=O) groups excluding carboxylic acids is 1. The van der Waals surface area contributed by atoms with Crippen LogP contribution in [0.1, 0.15) is 16.1 Å². The molecule has 2 aromatic carbocycles. The van der Waals surface area contributed by atoms with Crippen LogP contribution in [-0.4, -0.2) is 18.0 Å². The molecule has 0 atom stereocenters. The lowest BCUT2D eigenvalue weighted by molar-refractivity contribution is 0.102. The van der Waals surface area contributed by atoms with E-state index >= 15 is 0 Å². The molecule has 6 heteroatoms. The number of aromatic nitrogens is 1. The number of carbonyl (C=O) groups is 1. The molecule has 0 spiro atoms. The third kappa shape index (κ3) is 4.13. The van der Waals surface area contributed by atoms with Crippen molar-refractivity contribution in [1.82, 2.24) is 4.98 Å². The van der Waals surface area contributed by atoms with Gasteiger partial charge >= 0.3 is 0 Å². The molecule has 5 nitrogen and oxygen atoms in total. The lowest BCUT2D eigenvalue weighted by Gasteiger charge is -2.11. The third-order valence-corrected chi connectivity index (χ3v) is 4.30. The summed E-state index contributed by atoms with van der Waals surface area (Å²) in [5.74, 6) is 0.482. The van der Waals surface area contributed by atoms with Crippen LogP contribution in [0.5, 0.6) is 5.75 Å². The first kappa shape index (κ1) is 17.8. The van der Waals surface area contributed by atoms with E-state index < -0.39 is 0 Å². The zero-order chi connectivity index (χ0) is 18.5. The number of hydrogen-bond acceptors (Lipinski definition) is 4. The molecular formula is C20H18ClN3O2. The van der Waals surface area contributed by atoms with E-state index in [9.17, 15) is 4.79 Å². The van der Waals surface area contributed by atoms with Crippen molar-refractivity contribution in [1.29, 1.82) is 0 Å². The molecule has 0 fully saturated rings. The first-order valence-electron chi connectivity index (χ1n) is 8.00. The molecule has 3 aromatic rings. The molecule has 0 radical (unpaired) electrons. The average Bonchev–Trinajstić information content (AvgIpc) is 2.66. The summed E-state index contributed by atoms with van der Waals surface area (Å²) in [5.41, 5.74) is 3.43. The van der Waals surface area contributed by atoms with Crippen molar-refractivity contribution in [2.24, 2.45) is 0 Å². The average molecular weight is 368 g/mol. The quantitative estimate of drug-likeness (QED) is 0.662. The van der Waals surface area contributed by atoms with E-state index in [1.807, 2.05) is 31.2 Å². The fraction of sp³-hybridized carbons (Fsp3) is 0.100. The van der Waals surface area contributed by atoms with Gasteiger partial charge in [0.25, 0.3) is 5.91 Å². The maximum absolute atomic E-state index is 12.5. The van der Waals surface area contributed by atoms with E-state index in [2.05, 4.69) is 15.6 Å². The number of nitrogens with zero attached hydrogens (tertiary/aromatic N) is 1. The minimum absolute atomic E-state index is 0.297. The summed E-state index contributed by atoms with van der Waals surface area (Å²) in [6.07, 6.45) is 1.59. The Labute approximate surface area is 157 Å². The fourth-order valence-corrected chi connectivity index (χ4v) is 2.58. The highest BCUT2D eigenvalue weighted by molar-refractivity contribution is 6.31. The molecule has 2 N–H and O–H groups in total.